The fraction of sp³-hybridized carbons (Fsp3) is 0.462. The molecule has 0 unspecified atom stereocenters. The molecule has 28 heavy (non-hydrogen) atoms. The Morgan fingerprint density at radius 1 is 0.500 bits per heavy atom. The van der Waals surface area contributed by atoms with Gasteiger partial charge in [0.1, 0.15) is 0 Å². The first-order valence-corrected chi connectivity index (χ1v) is 10.4. The molecule has 2 aliphatic carbocycles. The van der Waals surface area contributed by atoms with Crippen molar-refractivity contribution in [3.63, 3.8) is 0 Å². The summed E-state index contributed by atoms with van der Waals surface area (Å²) in [5.74, 6) is 1.11. The van der Waals surface area contributed by atoms with Crippen molar-refractivity contribution < 1.29 is 9.59 Å². The van der Waals surface area contributed by atoms with E-state index in [0.717, 1.165) is 33.4 Å². The summed E-state index contributed by atoms with van der Waals surface area (Å²) in [6, 6.07) is 0. The van der Waals surface area contributed by atoms with Crippen LogP contribution in [0.5, 0.6) is 0 Å². The summed E-state index contributed by atoms with van der Waals surface area (Å²) in [5.41, 5.74) is 5.54. The summed E-state index contributed by atoms with van der Waals surface area (Å²) >= 11 is 0. The quantitative estimate of drug-likeness (QED) is 0.560. The van der Waals surface area contributed by atoms with Gasteiger partial charge in [-0.05, 0) is 59.1 Å². The van der Waals surface area contributed by atoms with Crippen LogP contribution in [-0.2, 0) is 9.59 Å². The minimum Gasteiger partial charge on any atom is -0.289 e. The van der Waals surface area contributed by atoms with E-state index in [1.807, 2.05) is 24.3 Å². The SMILES string of the molecule is CC(C)C1=CC(=CC=C2C=C(C(C)C)C(=O)C(C(C)C)=C2)C=C(C(C)C)C1=O. The van der Waals surface area contributed by atoms with Gasteiger partial charge in [0.2, 0.25) is 0 Å². The fourth-order valence-corrected chi connectivity index (χ4v) is 3.50. The predicted octanol–water partition coefficient (Wildman–Crippen LogP) is 6.33. The Morgan fingerprint density at radius 2 is 0.714 bits per heavy atom. The van der Waals surface area contributed by atoms with Crippen molar-refractivity contribution in [2.45, 2.75) is 55.4 Å². The van der Waals surface area contributed by atoms with Gasteiger partial charge in [0.15, 0.2) is 11.6 Å². The molecular formula is C26H34O2. The summed E-state index contributed by atoms with van der Waals surface area (Å²) in [7, 11) is 0. The Morgan fingerprint density at radius 3 is 0.893 bits per heavy atom. The van der Waals surface area contributed by atoms with E-state index in [-0.39, 0.29) is 35.2 Å². The maximum atomic E-state index is 12.7. The molecule has 0 aromatic heterocycles. The maximum Gasteiger partial charge on any atom is 0.185 e. The first-order chi connectivity index (χ1) is 13.0. The van der Waals surface area contributed by atoms with Crippen LogP contribution in [0.1, 0.15) is 55.4 Å². The van der Waals surface area contributed by atoms with Crippen molar-refractivity contribution in [1.82, 2.24) is 0 Å². The topological polar surface area (TPSA) is 34.1 Å². The maximum absolute atomic E-state index is 12.7. The van der Waals surface area contributed by atoms with Crippen LogP contribution in [0.3, 0.4) is 0 Å². The zero-order valence-corrected chi connectivity index (χ0v) is 18.6. The number of Topliss-reactive ketones (excluding diaryl/α,β-unsaturated/α-hetero) is 2. The van der Waals surface area contributed by atoms with E-state index in [9.17, 15) is 9.59 Å². The summed E-state index contributed by atoms with van der Waals surface area (Å²) in [5, 5.41) is 0. The Hall–Kier alpha value is -2.22. The number of rotatable bonds is 5. The highest BCUT2D eigenvalue weighted by Gasteiger charge is 2.25. The van der Waals surface area contributed by atoms with Gasteiger partial charge in [-0.1, -0.05) is 67.5 Å². The van der Waals surface area contributed by atoms with Gasteiger partial charge in [-0.2, -0.15) is 0 Å². The normalized spacial score (nSPS) is 18.0. The average Bonchev–Trinajstić information content (AvgIpc) is 2.60. The third-order valence-electron chi connectivity index (χ3n) is 5.29. The van der Waals surface area contributed by atoms with Gasteiger partial charge in [0, 0.05) is 22.3 Å². The number of hydrogen-bond acceptors (Lipinski definition) is 2. The first-order valence-electron chi connectivity index (χ1n) is 10.4. The Kier molecular flexibility index (Phi) is 6.98. The third-order valence-corrected chi connectivity index (χ3v) is 5.29. The molecule has 0 spiro atoms. The molecule has 0 fully saturated rings. The van der Waals surface area contributed by atoms with E-state index >= 15 is 0 Å². The molecule has 0 radical (unpaired) electrons. The van der Waals surface area contributed by atoms with Crippen molar-refractivity contribution in [1.29, 1.82) is 0 Å². The lowest BCUT2D eigenvalue weighted by Crippen LogP contribution is -2.18. The molecule has 0 amide bonds. The molecule has 0 heterocycles. The van der Waals surface area contributed by atoms with Crippen molar-refractivity contribution in [2.75, 3.05) is 0 Å². The highest BCUT2D eigenvalue weighted by molar-refractivity contribution is 6.11. The van der Waals surface area contributed by atoms with Crippen LogP contribution in [-0.4, -0.2) is 11.6 Å². The van der Waals surface area contributed by atoms with Gasteiger partial charge in [0.25, 0.3) is 0 Å². The number of allylic oxidation sites excluding steroid dienone is 12. The molecule has 2 heteroatoms. The Bertz CT molecular complexity index is 715. The van der Waals surface area contributed by atoms with E-state index in [2.05, 4.69) is 67.5 Å². The van der Waals surface area contributed by atoms with Crippen molar-refractivity contribution in [3.05, 3.63) is 69.9 Å². The van der Waals surface area contributed by atoms with Gasteiger partial charge >= 0.3 is 0 Å². The first kappa shape index (κ1) is 22.1. The molecule has 0 bridgehead atoms. The van der Waals surface area contributed by atoms with Crippen molar-refractivity contribution >= 4 is 11.6 Å². The van der Waals surface area contributed by atoms with Gasteiger partial charge in [-0.15, -0.1) is 0 Å². The van der Waals surface area contributed by atoms with Gasteiger partial charge < -0.3 is 0 Å². The molecule has 0 saturated carbocycles. The molecule has 0 aliphatic heterocycles. The average molecular weight is 379 g/mol. The molecular weight excluding hydrogens is 344 g/mol. The lowest BCUT2D eigenvalue weighted by atomic mass is 9.82. The zero-order chi connectivity index (χ0) is 21.2. The van der Waals surface area contributed by atoms with Gasteiger partial charge in [-0.25, -0.2) is 0 Å². The van der Waals surface area contributed by atoms with Gasteiger partial charge in [0.05, 0.1) is 0 Å². The van der Waals surface area contributed by atoms with Crippen molar-refractivity contribution in [3.8, 4) is 0 Å². The second-order valence-corrected chi connectivity index (χ2v) is 9.01. The minimum absolute atomic E-state index is 0.169. The third kappa shape index (κ3) is 4.79. The fourth-order valence-electron chi connectivity index (χ4n) is 3.50. The number of hydrogen-bond donors (Lipinski definition) is 0. The lowest BCUT2D eigenvalue weighted by molar-refractivity contribution is -0.114. The monoisotopic (exact) mass is 378 g/mol. The van der Waals surface area contributed by atoms with Crippen LogP contribution in [0.4, 0.5) is 0 Å². The molecule has 0 atom stereocenters. The predicted molar refractivity (Wildman–Crippen MR) is 118 cm³/mol. The van der Waals surface area contributed by atoms with Crippen LogP contribution in [0.15, 0.2) is 69.9 Å². The smallest absolute Gasteiger partial charge is 0.185 e. The van der Waals surface area contributed by atoms with E-state index in [1.54, 1.807) is 0 Å². The molecule has 2 rings (SSSR count). The molecule has 0 aromatic rings. The van der Waals surface area contributed by atoms with Crippen LogP contribution >= 0.6 is 0 Å². The van der Waals surface area contributed by atoms with Crippen LogP contribution in [0.25, 0.3) is 0 Å². The molecule has 0 aromatic carbocycles. The van der Waals surface area contributed by atoms with E-state index in [0.29, 0.717) is 0 Å². The standard InChI is InChI=1S/C26H34O2/c1-15(2)21-11-19(12-22(16(3)4)25(21)27)9-10-20-13-23(17(5)6)26(28)24(14-20)18(7)8/h9-18H,1-8H3. The molecule has 2 nitrogen and oxygen atoms in total. The second kappa shape index (κ2) is 8.86. The minimum atomic E-state index is 0.169. The Labute approximate surface area is 170 Å². The molecule has 0 saturated heterocycles. The van der Waals surface area contributed by atoms with E-state index in [4.69, 9.17) is 0 Å². The van der Waals surface area contributed by atoms with Gasteiger partial charge in [-0.3, -0.25) is 9.59 Å². The van der Waals surface area contributed by atoms with Crippen LogP contribution < -0.4 is 0 Å². The molecule has 0 N–H and O–H groups in total. The summed E-state index contributed by atoms with van der Waals surface area (Å²) in [6.07, 6.45) is 12.1. The number of ketones is 2. The number of carbonyl (C=O) groups is 2. The highest BCUT2D eigenvalue weighted by atomic mass is 16.1. The highest BCUT2D eigenvalue weighted by Crippen LogP contribution is 2.30. The molecule has 2 aliphatic rings. The van der Waals surface area contributed by atoms with Crippen molar-refractivity contribution in [2.24, 2.45) is 23.7 Å². The second-order valence-electron chi connectivity index (χ2n) is 9.01. The van der Waals surface area contributed by atoms with E-state index < -0.39 is 0 Å². The largest absolute Gasteiger partial charge is 0.289 e. The lowest BCUT2D eigenvalue weighted by Gasteiger charge is -2.21. The number of carbonyl (C=O) groups excluding carboxylic acids is 2. The summed E-state index contributed by atoms with van der Waals surface area (Å²) in [4.78, 5) is 25.4. The van der Waals surface area contributed by atoms with Crippen LogP contribution in [0, 0.1) is 23.7 Å². The van der Waals surface area contributed by atoms with E-state index in [1.165, 1.54) is 0 Å². The summed E-state index contributed by atoms with van der Waals surface area (Å²) in [6.45, 7) is 16.5. The van der Waals surface area contributed by atoms with Crippen LogP contribution in [0.2, 0.25) is 0 Å². The zero-order valence-electron chi connectivity index (χ0n) is 18.6. The Balaban J connectivity index is 2.51. The molecule has 150 valence electrons. The summed E-state index contributed by atoms with van der Waals surface area (Å²) < 4.78 is 0.